The molecule has 0 aliphatic rings. The molecule has 0 aliphatic heterocycles. The van der Waals surface area contributed by atoms with E-state index < -0.39 is 26.2 Å². The Labute approximate surface area is 168 Å². The molecular formula is C21H26Cl2GeZr-2. The minimum absolute atomic E-state index is 0.735. The van der Waals surface area contributed by atoms with Crippen LogP contribution >= 0.6 is 17.0 Å². The predicted molar refractivity (Wildman–Crippen MR) is 113 cm³/mol. The molecule has 0 aromatic heterocycles. The Hall–Kier alpha value is -0.0740. The van der Waals surface area contributed by atoms with Crippen molar-refractivity contribution in [2.45, 2.75) is 32.3 Å². The zero-order valence-electron chi connectivity index (χ0n) is 15.6. The Bertz CT molecular complexity index is 734. The van der Waals surface area contributed by atoms with Gasteiger partial charge >= 0.3 is 54.8 Å². The number of benzene rings is 1. The van der Waals surface area contributed by atoms with E-state index >= 15 is 0 Å². The molecule has 134 valence electrons. The fraction of sp³-hybridized carbons (Fsp3) is 0.238. The zero-order valence-corrected chi connectivity index (χ0v) is 21.7. The van der Waals surface area contributed by atoms with Crippen LogP contribution in [0.2, 0.25) is 11.5 Å². The third-order valence-electron chi connectivity index (χ3n) is 3.66. The summed E-state index contributed by atoms with van der Waals surface area (Å²) >= 11 is -1.59. The van der Waals surface area contributed by atoms with Crippen molar-refractivity contribution in [2.75, 3.05) is 0 Å². The molecule has 0 saturated heterocycles. The summed E-state index contributed by atoms with van der Waals surface area (Å²) in [6.45, 7) is 6.41. The van der Waals surface area contributed by atoms with Gasteiger partial charge in [0, 0.05) is 0 Å². The van der Waals surface area contributed by atoms with Crippen LogP contribution in [0.15, 0.2) is 66.7 Å². The second kappa shape index (κ2) is 12.3. The van der Waals surface area contributed by atoms with Gasteiger partial charge in [0.1, 0.15) is 0 Å². The Morgan fingerprint density at radius 2 is 1.52 bits per heavy atom. The number of hydrogen-bond acceptors (Lipinski definition) is 0. The van der Waals surface area contributed by atoms with Gasteiger partial charge in [-0.25, -0.2) is 12.1 Å². The maximum atomic E-state index is 5.65. The molecule has 0 amide bonds. The molecule has 0 fully saturated rings. The van der Waals surface area contributed by atoms with Crippen molar-refractivity contribution in [1.82, 2.24) is 0 Å². The van der Waals surface area contributed by atoms with E-state index in [-0.39, 0.29) is 0 Å². The molecule has 25 heavy (non-hydrogen) atoms. The van der Waals surface area contributed by atoms with E-state index in [1.807, 2.05) is 6.07 Å². The Balaban J connectivity index is 0.000000199. The van der Waals surface area contributed by atoms with Gasteiger partial charge in [0.2, 0.25) is 0 Å². The first-order valence-corrected chi connectivity index (χ1v) is 26.2. The number of aryl methyl sites for hydroxylation is 3. The van der Waals surface area contributed by atoms with Gasteiger partial charge in [-0.2, -0.15) is 46.5 Å². The molecule has 0 spiro atoms. The molecule has 0 N–H and O–H groups in total. The van der Waals surface area contributed by atoms with Crippen molar-refractivity contribution in [1.29, 1.82) is 0 Å². The number of hydrogen-bond donors (Lipinski definition) is 0. The van der Waals surface area contributed by atoms with Crippen LogP contribution in [0.25, 0.3) is 11.1 Å². The van der Waals surface area contributed by atoms with Crippen molar-refractivity contribution in [2.24, 2.45) is 0 Å². The van der Waals surface area contributed by atoms with E-state index in [0.717, 1.165) is 0 Å². The summed E-state index contributed by atoms with van der Waals surface area (Å²) in [6, 6.07) is 23.2. The van der Waals surface area contributed by atoms with Gasteiger partial charge in [0.05, 0.1) is 0 Å². The normalized spacial score (nSPS) is 9.40. The van der Waals surface area contributed by atoms with E-state index in [1.54, 1.807) is 0 Å². The van der Waals surface area contributed by atoms with Gasteiger partial charge in [-0.1, -0.05) is 56.7 Å². The third kappa shape index (κ3) is 9.43. The Morgan fingerprint density at radius 1 is 0.920 bits per heavy atom. The van der Waals surface area contributed by atoms with Gasteiger partial charge in [0.15, 0.2) is 0 Å². The Morgan fingerprint density at radius 3 is 1.84 bits per heavy atom. The van der Waals surface area contributed by atoms with Crippen LogP contribution in [0.5, 0.6) is 0 Å². The minimum Gasteiger partial charge on any atom is -0.206 e. The van der Waals surface area contributed by atoms with Crippen LogP contribution in [0, 0.1) is 20.8 Å². The first-order chi connectivity index (χ1) is 11.8. The molecule has 0 aliphatic carbocycles. The van der Waals surface area contributed by atoms with E-state index in [9.17, 15) is 0 Å². The maximum Gasteiger partial charge on any atom is -0.0623 e. The van der Waals surface area contributed by atoms with Gasteiger partial charge in [-0.05, 0) is 0 Å². The topological polar surface area (TPSA) is 0 Å². The summed E-state index contributed by atoms with van der Waals surface area (Å²) in [6.07, 6.45) is 0. The summed E-state index contributed by atoms with van der Waals surface area (Å²) < 4.78 is 0. The molecule has 0 atom stereocenters. The second-order valence-electron chi connectivity index (χ2n) is 6.20. The first kappa shape index (κ1) is 23.0. The SMILES string of the molecule is Cc1cc(C)c(C)[cH-]1.[CH3][Ge]([CH3])=[Zr]([Cl])[Cl].c1ccc(-c2cc[cH-]c2)cc1. The van der Waals surface area contributed by atoms with E-state index in [0.29, 0.717) is 0 Å². The van der Waals surface area contributed by atoms with Crippen LogP contribution < -0.4 is 0 Å². The van der Waals surface area contributed by atoms with Crippen molar-refractivity contribution in [3.8, 4) is 11.1 Å². The molecule has 4 heteroatoms. The number of rotatable bonds is 1. The van der Waals surface area contributed by atoms with Crippen LogP contribution in [-0.2, 0) is 16.2 Å². The summed E-state index contributed by atoms with van der Waals surface area (Å²) in [7, 11) is 10.6. The largest absolute Gasteiger partial charge is 0.206 e. The van der Waals surface area contributed by atoms with Crippen LogP contribution in [0.1, 0.15) is 16.7 Å². The van der Waals surface area contributed by atoms with Gasteiger partial charge in [0.25, 0.3) is 0 Å². The van der Waals surface area contributed by atoms with Crippen LogP contribution in [0.3, 0.4) is 0 Å². The first-order valence-electron chi connectivity index (χ1n) is 8.27. The van der Waals surface area contributed by atoms with Gasteiger partial charge in [-0.15, -0.1) is 0 Å². The van der Waals surface area contributed by atoms with Crippen molar-refractivity contribution < 1.29 is 16.2 Å². The summed E-state index contributed by atoms with van der Waals surface area (Å²) in [5, 5.41) is 0. The Kier molecular flexibility index (Phi) is 11.3. The van der Waals surface area contributed by atoms with Gasteiger partial charge in [-0.3, -0.25) is 0 Å². The third-order valence-corrected chi connectivity index (χ3v) is 38.1. The molecule has 3 aromatic rings. The van der Waals surface area contributed by atoms with Crippen molar-refractivity contribution in [3.63, 3.8) is 0 Å². The van der Waals surface area contributed by atoms with Crippen LogP contribution in [0.4, 0.5) is 0 Å². The molecule has 0 unspecified atom stereocenters. The van der Waals surface area contributed by atoms with E-state index in [4.69, 9.17) is 17.0 Å². The fourth-order valence-corrected chi connectivity index (χ4v) is 2.15. The van der Waals surface area contributed by atoms with E-state index in [1.165, 1.54) is 27.8 Å². The average molecular weight is 513 g/mol. The quantitative estimate of drug-likeness (QED) is 0.233. The predicted octanol–water partition coefficient (Wildman–Crippen LogP) is 7.57. The minimum atomic E-state index is -1.59. The van der Waals surface area contributed by atoms with Crippen LogP contribution in [-0.4, -0.2) is 9.98 Å². The maximum absolute atomic E-state index is 5.65. The molecule has 0 nitrogen and oxygen atoms in total. The smallest absolute Gasteiger partial charge is 0.0623 e. The average Bonchev–Trinajstić information content (AvgIpc) is 3.20. The fourth-order valence-electron chi connectivity index (χ4n) is 2.15. The number of halogens is 2. The molecule has 3 aromatic carbocycles. The molecule has 0 heterocycles. The summed E-state index contributed by atoms with van der Waals surface area (Å²) in [5.41, 5.74) is 6.77. The molecular weight excluding hydrogens is 487 g/mol. The standard InChI is InChI=1S/C11H9.C8H11.C2H6Ge.2ClH.Zr/c1-2-6-10(7-3-1)11-8-4-5-9-11;1-6-4-7(2)8(3)5-6;1-3-2;;;/h1-9H;4-5H,1-3H3;1-2H3;2*1H;/q2*-1;;;;+2/p-2. The zero-order chi connectivity index (χ0) is 18.8. The molecule has 0 radical (unpaired) electrons. The summed E-state index contributed by atoms with van der Waals surface area (Å²) in [5.74, 6) is 4.46. The summed E-state index contributed by atoms with van der Waals surface area (Å²) in [4.78, 5) is 0. The molecule has 3 rings (SSSR count). The van der Waals surface area contributed by atoms with E-state index in [2.05, 4.69) is 92.9 Å². The van der Waals surface area contributed by atoms with Crippen molar-refractivity contribution in [3.05, 3.63) is 83.4 Å². The molecule has 0 bridgehead atoms. The molecule has 0 saturated carbocycles. The monoisotopic (exact) mass is 512 g/mol. The van der Waals surface area contributed by atoms with Gasteiger partial charge < -0.3 is 0 Å². The van der Waals surface area contributed by atoms with Crippen molar-refractivity contribution >= 4 is 27.0 Å². The second-order valence-corrected chi connectivity index (χ2v) is 44.1.